The maximum Gasteiger partial charge on any atom is 0.148 e. The summed E-state index contributed by atoms with van der Waals surface area (Å²) in [4.78, 5) is 0. The molecule has 0 saturated heterocycles. The van der Waals surface area contributed by atoms with E-state index >= 15 is 0 Å². The molecule has 0 atom stereocenters. The van der Waals surface area contributed by atoms with E-state index in [1.54, 1.807) is 0 Å². The maximum atomic E-state index is 3.92. The third-order valence-corrected chi connectivity index (χ3v) is 6.06. The molecular formula is C32H28N+. The standard InChI is InChI=1S/C32H28N/c1-5-25-9-17-29(18-10-25)33(30-19-11-26(6-2)12-20-30,31-21-13-27(7-3)14-22-31)32-23-15-28(8-4)16-24-32/h5-24H,1-4H2/q+1. The molecule has 4 rings (SSSR count). The fraction of sp³-hybridized carbons (Fsp3) is 0. The van der Waals surface area contributed by atoms with Crippen molar-refractivity contribution in [2.75, 3.05) is 0 Å². The van der Waals surface area contributed by atoms with Crippen molar-refractivity contribution < 1.29 is 0 Å². The van der Waals surface area contributed by atoms with E-state index in [1.807, 2.05) is 24.3 Å². The van der Waals surface area contributed by atoms with Crippen LogP contribution in [0.3, 0.4) is 0 Å². The SMILES string of the molecule is C=Cc1ccc([N+](c2ccc(C=C)cc2)(c2ccc(C=C)cc2)c2ccc(C=C)cc2)cc1. The molecule has 1 nitrogen and oxygen atoms in total. The van der Waals surface area contributed by atoms with Crippen molar-refractivity contribution in [2.45, 2.75) is 0 Å². The molecule has 0 spiro atoms. The molecule has 0 aliphatic rings. The monoisotopic (exact) mass is 426 g/mol. The van der Waals surface area contributed by atoms with Crippen LogP contribution in [0.5, 0.6) is 0 Å². The van der Waals surface area contributed by atoms with E-state index in [4.69, 9.17) is 0 Å². The van der Waals surface area contributed by atoms with Gasteiger partial charge in [-0.3, -0.25) is 0 Å². The first-order valence-electron chi connectivity index (χ1n) is 11.0. The molecule has 0 radical (unpaired) electrons. The van der Waals surface area contributed by atoms with E-state index in [1.165, 1.54) is 0 Å². The second kappa shape index (κ2) is 9.52. The number of rotatable bonds is 8. The van der Waals surface area contributed by atoms with E-state index in [-0.39, 0.29) is 0 Å². The Kier molecular flexibility index (Phi) is 6.35. The molecule has 1 heteroatoms. The van der Waals surface area contributed by atoms with Gasteiger partial charge in [-0.25, -0.2) is 0 Å². The first kappa shape index (κ1) is 22.0. The molecule has 0 unspecified atom stereocenters. The molecule has 0 fully saturated rings. The summed E-state index contributed by atoms with van der Waals surface area (Å²) < 4.78 is 0.434. The Labute approximate surface area is 197 Å². The minimum atomic E-state index is 0.434. The van der Waals surface area contributed by atoms with E-state index in [2.05, 4.69) is 123 Å². The molecule has 0 N–H and O–H groups in total. The number of benzene rings is 4. The molecule has 0 amide bonds. The van der Waals surface area contributed by atoms with Gasteiger partial charge in [0, 0.05) is 48.5 Å². The first-order chi connectivity index (χ1) is 16.1. The molecule has 0 heterocycles. The van der Waals surface area contributed by atoms with Gasteiger partial charge < -0.3 is 0 Å². The Morgan fingerprint density at radius 1 is 0.333 bits per heavy atom. The number of hydrogen-bond donors (Lipinski definition) is 0. The van der Waals surface area contributed by atoms with Gasteiger partial charge in [-0.2, -0.15) is 4.48 Å². The highest BCUT2D eigenvalue weighted by molar-refractivity contribution is 5.83. The zero-order chi connectivity index (χ0) is 23.3. The van der Waals surface area contributed by atoms with Gasteiger partial charge in [0.2, 0.25) is 0 Å². The number of quaternary nitrogens is 1. The van der Waals surface area contributed by atoms with Gasteiger partial charge in [-0.05, 0) is 70.8 Å². The van der Waals surface area contributed by atoms with Crippen molar-refractivity contribution in [3.63, 3.8) is 0 Å². The molecule has 33 heavy (non-hydrogen) atoms. The Morgan fingerprint density at radius 2 is 0.515 bits per heavy atom. The van der Waals surface area contributed by atoms with Crippen LogP contribution in [0.4, 0.5) is 22.7 Å². The summed E-state index contributed by atoms with van der Waals surface area (Å²) in [7, 11) is 0. The quantitative estimate of drug-likeness (QED) is 0.246. The van der Waals surface area contributed by atoms with Gasteiger partial charge in [0.25, 0.3) is 0 Å². The Morgan fingerprint density at radius 3 is 0.667 bits per heavy atom. The van der Waals surface area contributed by atoms with Gasteiger partial charge in [0.1, 0.15) is 22.7 Å². The van der Waals surface area contributed by atoms with Gasteiger partial charge in [0.15, 0.2) is 0 Å². The fourth-order valence-corrected chi connectivity index (χ4v) is 4.23. The van der Waals surface area contributed by atoms with Crippen molar-refractivity contribution in [1.82, 2.24) is 4.48 Å². The smallest absolute Gasteiger partial charge is 0.148 e. The van der Waals surface area contributed by atoms with E-state index in [9.17, 15) is 0 Å². The lowest BCUT2D eigenvalue weighted by Gasteiger charge is -2.37. The predicted octanol–water partition coefficient (Wildman–Crippen LogP) is 9.56. The normalized spacial score (nSPS) is 10.9. The summed E-state index contributed by atoms with van der Waals surface area (Å²) >= 11 is 0. The van der Waals surface area contributed by atoms with Crippen LogP contribution in [0.1, 0.15) is 22.3 Å². The zero-order valence-electron chi connectivity index (χ0n) is 18.8. The van der Waals surface area contributed by atoms with E-state index < -0.39 is 0 Å². The van der Waals surface area contributed by atoms with Gasteiger partial charge >= 0.3 is 0 Å². The van der Waals surface area contributed by atoms with Gasteiger partial charge in [0.05, 0.1) is 0 Å². The summed E-state index contributed by atoms with van der Waals surface area (Å²) in [6.45, 7) is 15.7. The summed E-state index contributed by atoms with van der Waals surface area (Å²) in [5, 5.41) is 0. The van der Waals surface area contributed by atoms with Crippen LogP contribution >= 0.6 is 0 Å². The topological polar surface area (TPSA) is 0 Å². The molecule has 4 aromatic carbocycles. The van der Waals surface area contributed by atoms with Crippen LogP contribution < -0.4 is 4.48 Å². The molecule has 0 aromatic heterocycles. The van der Waals surface area contributed by atoms with Crippen LogP contribution in [0.25, 0.3) is 24.3 Å². The average Bonchev–Trinajstić information content (AvgIpc) is 2.90. The van der Waals surface area contributed by atoms with E-state index in [0.29, 0.717) is 4.48 Å². The highest BCUT2D eigenvalue weighted by Crippen LogP contribution is 2.51. The maximum absolute atomic E-state index is 3.92. The molecule has 4 aromatic rings. The van der Waals surface area contributed by atoms with Crippen molar-refractivity contribution in [2.24, 2.45) is 0 Å². The summed E-state index contributed by atoms with van der Waals surface area (Å²) in [5.74, 6) is 0. The van der Waals surface area contributed by atoms with Crippen molar-refractivity contribution in [3.8, 4) is 0 Å². The van der Waals surface area contributed by atoms with Gasteiger partial charge in [-0.1, -0.05) is 50.6 Å². The van der Waals surface area contributed by atoms with Crippen LogP contribution in [0.2, 0.25) is 0 Å². The highest BCUT2D eigenvalue weighted by Gasteiger charge is 2.39. The third-order valence-electron chi connectivity index (χ3n) is 6.06. The minimum Gasteiger partial charge on any atom is -0.194 e. The van der Waals surface area contributed by atoms with Crippen molar-refractivity contribution >= 4 is 47.1 Å². The largest absolute Gasteiger partial charge is 0.194 e. The number of hydrogen-bond acceptors (Lipinski definition) is 0. The lowest BCUT2D eigenvalue weighted by molar-refractivity contribution is 0.703. The summed E-state index contributed by atoms with van der Waals surface area (Å²) in [6.07, 6.45) is 7.48. The second-order valence-corrected chi connectivity index (χ2v) is 7.85. The second-order valence-electron chi connectivity index (χ2n) is 7.85. The van der Waals surface area contributed by atoms with E-state index in [0.717, 1.165) is 45.0 Å². The van der Waals surface area contributed by atoms with Crippen LogP contribution in [-0.2, 0) is 0 Å². The molecule has 0 aliphatic carbocycles. The van der Waals surface area contributed by atoms with Gasteiger partial charge in [-0.15, -0.1) is 0 Å². The van der Waals surface area contributed by atoms with Crippen molar-refractivity contribution in [1.29, 1.82) is 0 Å². The van der Waals surface area contributed by atoms with Crippen molar-refractivity contribution in [3.05, 3.63) is 146 Å². The Balaban J connectivity index is 2.09. The first-order valence-corrected chi connectivity index (χ1v) is 11.0. The third kappa shape index (κ3) is 4.03. The lowest BCUT2D eigenvalue weighted by atomic mass is 10.0. The molecule has 0 saturated carbocycles. The van der Waals surface area contributed by atoms with Crippen LogP contribution in [0.15, 0.2) is 123 Å². The molecule has 160 valence electrons. The Hall–Kier alpha value is -4.20. The highest BCUT2D eigenvalue weighted by atomic mass is 15.4. The Bertz CT molecular complexity index is 1060. The van der Waals surface area contributed by atoms with Crippen LogP contribution in [-0.4, -0.2) is 0 Å². The number of nitrogens with zero attached hydrogens (tertiary/aromatic N) is 1. The molecule has 0 aliphatic heterocycles. The summed E-state index contributed by atoms with van der Waals surface area (Å²) in [6, 6.07) is 34.4. The predicted molar refractivity (Wildman–Crippen MR) is 147 cm³/mol. The zero-order valence-corrected chi connectivity index (χ0v) is 18.8. The molecular weight excluding hydrogens is 398 g/mol. The lowest BCUT2D eigenvalue weighted by Crippen LogP contribution is -2.33. The fourth-order valence-electron chi connectivity index (χ4n) is 4.23. The minimum absolute atomic E-state index is 0.434. The molecule has 0 bridgehead atoms. The summed E-state index contributed by atoms with van der Waals surface area (Å²) in [5.41, 5.74) is 8.86. The average molecular weight is 427 g/mol. The van der Waals surface area contributed by atoms with Crippen LogP contribution in [0, 0.1) is 0 Å².